The van der Waals surface area contributed by atoms with Gasteiger partial charge in [0.1, 0.15) is 0 Å². The van der Waals surface area contributed by atoms with Crippen LogP contribution >= 0.6 is 15.9 Å². The van der Waals surface area contributed by atoms with Crippen LogP contribution in [0.2, 0.25) is 0 Å². The van der Waals surface area contributed by atoms with Crippen LogP contribution in [0.25, 0.3) is 0 Å². The van der Waals surface area contributed by atoms with Crippen molar-refractivity contribution in [3.63, 3.8) is 0 Å². The molecule has 1 aliphatic heterocycles. The molecule has 0 spiro atoms. The maximum Gasteiger partial charge on any atom is 0.198 e. The molecule has 1 saturated heterocycles. The van der Waals surface area contributed by atoms with Gasteiger partial charge in [0.2, 0.25) is 0 Å². The van der Waals surface area contributed by atoms with E-state index in [9.17, 15) is 4.39 Å². The molecule has 1 fully saturated rings. The molecule has 0 aromatic heterocycles. The fraction of sp³-hybridized carbons (Fsp3) is 0.538. The summed E-state index contributed by atoms with van der Waals surface area (Å²) in [5, 5.41) is 3.42. The van der Waals surface area contributed by atoms with Gasteiger partial charge < -0.3 is 14.8 Å². The van der Waals surface area contributed by atoms with Gasteiger partial charge in [-0.1, -0.05) is 0 Å². The van der Waals surface area contributed by atoms with Gasteiger partial charge in [-0.25, -0.2) is 4.39 Å². The van der Waals surface area contributed by atoms with Crippen LogP contribution in [0.15, 0.2) is 10.5 Å². The summed E-state index contributed by atoms with van der Waals surface area (Å²) < 4.78 is 24.7. The summed E-state index contributed by atoms with van der Waals surface area (Å²) in [6, 6.07) is 2.21. The van der Waals surface area contributed by atoms with Gasteiger partial charge in [0, 0.05) is 11.6 Å². The lowest BCUT2D eigenvalue weighted by molar-refractivity contribution is 0.332. The molecule has 1 heterocycles. The molecule has 100 valence electrons. The van der Waals surface area contributed by atoms with E-state index in [1.54, 1.807) is 6.07 Å². The zero-order chi connectivity index (χ0) is 13.1. The standard InChI is InChI=1S/C13H17BrFNO2/c1-17-12-8(6-9-4-3-5-16-9)7-10(14)11(15)13(12)18-2/h7,9,16H,3-6H2,1-2H3. The molecule has 1 aromatic rings. The van der Waals surface area contributed by atoms with Crippen molar-refractivity contribution in [3.05, 3.63) is 21.9 Å². The molecule has 1 aliphatic rings. The molecule has 1 atom stereocenters. The number of halogens is 2. The van der Waals surface area contributed by atoms with Gasteiger partial charge in [0.05, 0.1) is 18.7 Å². The molecule has 1 N–H and O–H groups in total. The number of hydrogen-bond donors (Lipinski definition) is 1. The molecule has 3 nitrogen and oxygen atoms in total. The Labute approximate surface area is 115 Å². The average Bonchev–Trinajstić information content (AvgIpc) is 2.86. The Kier molecular flexibility index (Phi) is 4.45. The minimum absolute atomic E-state index is 0.167. The highest BCUT2D eigenvalue weighted by Gasteiger charge is 2.22. The molecule has 5 heteroatoms. The Balaban J connectivity index is 2.35. The fourth-order valence-corrected chi connectivity index (χ4v) is 2.85. The summed E-state index contributed by atoms with van der Waals surface area (Å²) in [6.45, 7) is 1.05. The van der Waals surface area contributed by atoms with E-state index in [1.165, 1.54) is 20.6 Å². The number of benzene rings is 1. The third kappa shape index (κ3) is 2.62. The molecule has 18 heavy (non-hydrogen) atoms. The van der Waals surface area contributed by atoms with E-state index in [1.807, 2.05) is 0 Å². The summed E-state index contributed by atoms with van der Waals surface area (Å²) >= 11 is 3.22. The van der Waals surface area contributed by atoms with Crippen LogP contribution in [0.4, 0.5) is 4.39 Å². The topological polar surface area (TPSA) is 30.5 Å². The first-order valence-corrected chi connectivity index (χ1v) is 6.79. The molecule has 1 aromatic carbocycles. The first-order chi connectivity index (χ1) is 8.67. The van der Waals surface area contributed by atoms with Gasteiger partial charge in [0.25, 0.3) is 0 Å². The lowest BCUT2D eigenvalue weighted by Gasteiger charge is -2.17. The zero-order valence-corrected chi connectivity index (χ0v) is 12.1. The normalized spacial score (nSPS) is 19.0. The van der Waals surface area contributed by atoms with Gasteiger partial charge in [-0.3, -0.25) is 0 Å². The third-order valence-electron chi connectivity index (χ3n) is 3.24. The minimum Gasteiger partial charge on any atom is -0.492 e. The van der Waals surface area contributed by atoms with E-state index in [4.69, 9.17) is 9.47 Å². The number of rotatable bonds is 4. The van der Waals surface area contributed by atoms with Crippen molar-refractivity contribution < 1.29 is 13.9 Å². The lowest BCUT2D eigenvalue weighted by atomic mass is 10.0. The van der Waals surface area contributed by atoms with Crippen molar-refractivity contribution in [1.82, 2.24) is 5.32 Å². The Morgan fingerprint density at radius 1 is 1.39 bits per heavy atom. The second kappa shape index (κ2) is 5.89. The molecular formula is C13H17BrFNO2. The molecule has 2 rings (SSSR count). The van der Waals surface area contributed by atoms with Crippen LogP contribution in [-0.2, 0) is 6.42 Å². The van der Waals surface area contributed by atoms with Crippen molar-refractivity contribution in [1.29, 1.82) is 0 Å². The van der Waals surface area contributed by atoms with E-state index >= 15 is 0 Å². The maximum absolute atomic E-state index is 13.9. The molecule has 0 aliphatic carbocycles. The van der Waals surface area contributed by atoms with Crippen molar-refractivity contribution in [2.24, 2.45) is 0 Å². The summed E-state index contributed by atoms with van der Waals surface area (Å²) in [5.74, 6) is 0.240. The zero-order valence-electron chi connectivity index (χ0n) is 10.6. The van der Waals surface area contributed by atoms with Crippen molar-refractivity contribution in [2.75, 3.05) is 20.8 Å². The Morgan fingerprint density at radius 3 is 2.67 bits per heavy atom. The molecule has 0 amide bonds. The Morgan fingerprint density at radius 2 is 2.11 bits per heavy atom. The van der Waals surface area contributed by atoms with E-state index in [0.29, 0.717) is 16.3 Å². The Hall–Kier alpha value is -0.810. The van der Waals surface area contributed by atoms with Gasteiger partial charge in [-0.2, -0.15) is 0 Å². The maximum atomic E-state index is 13.9. The summed E-state index contributed by atoms with van der Waals surface area (Å²) in [5.41, 5.74) is 0.960. The summed E-state index contributed by atoms with van der Waals surface area (Å²) in [6.07, 6.45) is 3.14. The molecular weight excluding hydrogens is 301 g/mol. The molecule has 1 unspecified atom stereocenters. The quantitative estimate of drug-likeness (QED) is 0.926. The smallest absolute Gasteiger partial charge is 0.198 e. The predicted octanol–water partition coefficient (Wildman–Crippen LogP) is 2.90. The third-order valence-corrected chi connectivity index (χ3v) is 3.82. The second-order valence-corrected chi connectivity index (χ2v) is 5.25. The van der Waals surface area contributed by atoms with Crippen molar-refractivity contribution in [2.45, 2.75) is 25.3 Å². The molecule has 0 saturated carbocycles. The van der Waals surface area contributed by atoms with E-state index in [-0.39, 0.29) is 5.75 Å². The largest absolute Gasteiger partial charge is 0.492 e. The predicted molar refractivity (Wildman–Crippen MR) is 71.9 cm³/mol. The van der Waals surface area contributed by atoms with Crippen LogP contribution in [0.5, 0.6) is 11.5 Å². The number of methoxy groups -OCH3 is 2. The first-order valence-electron chi connectivity index (χ1n) is 5.99. The highest BCUT2D eigenvalue weighted by atomic mass is 79.9. The van der Waals surface area contributed by atoms with Gasteiger partial charge in [-0.05, 0) is 47.8 Å². The van der Waals surface area contributed by atoms with E-state index in [2.05, 4.69) is 21.2 Å². The van der Waals surface area contributed by atoms with Crippen LogP contribution in [0.1, 0.15) is 18.4 Å². The molecule has 0 radical (unpaired) electrons. The molecule has 0 bridgehead atoms. The minimum atomic E-state index is -0.419. The monoisotopic (exact) mass is 317 g/mol. The van der Waals surface area contributed by atoms with Crippen molar-refractivity contribution in [3.8, 4) is 11.5 Å². The Bertz CT molecular complexity index is 433. The van der Waals surface area contributed by atoms with Gasteiger partial charge in [0.15, 0.2) is 17.3 Å². The van der Waals surface area contributed by atoms with Crippen LogP contribution in [0, 0.1) is 5.82 Å². The summed E-state index contributed by atoms with van der Waals surface area (Å²) in [4.78, 5) is 0. The first kappa shape index (κ1) is 13.6. The highest BCUT2D eigenvalue weighted by Crippen LogP contribution is 2.39. The van der Waals surface area contributed by atoms with Crippen LogP contribution in [-0.4, -0.2) is 26.8 Å². The lowest BCUT2D eigenvalue weighted by Crippen LogP contribution is -2.24. The van der Waals surface area contributed by atoms with Crippen LogP contribution < -0.4 is 14.8 Å². The summed E-state index contributed by atoms with van der Waals surface area (Å²) in [7, 11) is 2.99. The highest BCUT2D eigenvalue weighted by molar-refractivity contribution is 9.10. The average molecular weight is 318 g/mol. The number of ether oxygens (including phenoxy) is 2. The van der Waals surface area contributed by atoms with E-state index < -0.39 is 5.82 Å². The fourth-order valence-electron chi connectivity index (χ4n) is 2.39. The van der Waals surface area contributed by atoms with Crippen LogP contribution in [0.3, 0.4) is 0 Å². The SMILES string of the molecule is COc1c(CC2CCCN2)cc(Br)c(F)c1OC. The number of hydrogen-bond acceptors (Lipinski definition) is 3. The number of nitrogens with one attached hydrogen (secondary N) is 1. The van der Waals surface area contributed by atoms with Gasteiger partial charge in [-0.15, -0.1) is 0 Å². The van der Waals surface area contributed by atoms with Crippen molar-refractivity contribution >= 4 is 15.9 Å². The second-order valence-electron chi connectivity index (χ2n) is 4.40. The van der Waals surface area contributed by atoms with Gasteiger partial charge >= 0.3 is 0 Å². The van der Waals surface area contributed by atoms with E-state index in [0.717, 1.165) is 24.9 Å².